The van der Waals surface area contributed by atoms with Gasteiger partial charge in [-0.3, -0.25) is 0 Å². The van der Waals surface area contributed by atoms with Crippen LogP contribution in [-0.4, -0.2) is 0 Å². The van der Waals surface area contributed by atoms with Gasteiger partial charge >= 0.3 is 0 Å². The molecule has 0 N–H and O–H groups in total. The van der Waals surface area contributed by atoms with Crippen molar-refractivity contribution in [3.63, 3.8) is 0 Å². The highest BCUT2D eigenvalue weighted by molar-refractivity contribution is 5.23. The Kier molecular flexibility index (Phi) is 4.41. The maximum atomic E-state index is 4.00. The second-order valence-corrected chi connectivity index (χ2v) is 2.34. The lowest BCUT2D eigenvalue weighted by Crippen LogP contribution is -1.85. The van der Waals surface area contributed by atoms with Crippen molar-refractivity contribution in [2.24, 2.45) is 0 Å². The van der Waals surface area contributed by atoms with Gasteiger partial charge in [-0.25, -0.2) is 0 Å². The summed E-state index contributed by atoms with van der Waals surface area (Å²) >= 11 is 0. The molecule has 1 rings (SSSR count). The first kappa shape index (κ1) is 9.04. The lowest BCUT2D eigenvalue weighted by atomic mass is 10.0. The molecule has 0 aliphatic heterocycles. The third-order valence-electron chi connectivity index (χ3n) is 1.44. The van der Waals surface area contributed by atoms with Crippen LogP contribution >= 0.6 is 0 Å². The summed E-state index contributed by atoms with van der Waals surface area (Å²) in [5.41, 5.74) is 2.73. The Morgan fingerprint density at radius 1 is 1.30 bits per heavy atom. The highest BCUT2D eigenvalue weighted by Gasteiger charge is 1.95. The molecule has 0 heterocycles. The summed E-state index contributed by atoms with van der Waals surface area (Å²) in [5, 5.41) is 0. The van der Waals surface area contributed by atoms with Crippen LogP contribution in [-0.2, 0) is 0 Å². The monoisotopic (exact) mass is 133 g/mol. The second kappa shape index (κ2) is 4.88. The molecule has 0 bridgehead atoms. The fourth-order valence-corrected chi connectivity index (χ4v) is 0.785. The summed E-state index contributed by atoms with van der Waals surface area (Å²) in [6.07, 6.45) is 14.6. The molecular formula is C10H13. The fraction of sp³-hybridized carbons (Fsp3) is 0.300. The van der Waals surface area contributed by atoms with Crippen LogP contribution in [0.25, 0.3) is 0 Å². The maximum Gasteiger partial charge on any atom is -0.0280 e. The average molecular weight is 133 g/mol. The topological polar surface area (TPSA) is 0 Å². The quantitative estimate of drug-likeness (QED) is 0.446. The van der Waals surface area contributed by atoms with Gasteiger partial charge in [0.05, 0.1) is 0 Å². The molecule has 0 heteroatoms. The van der Waals surface area contributed by atoms with E-state index in [4.69, 9.17) is 0 Å². The van der Waals surface area contributed by atoms with E-state index in [0.717, 1.165) is 6.42 Å². The molecule has 0 aromatic heterocycles. The van der Waals surface area contributed by atoms with Crippen LogP contribution in [0.1, 0.15) is 19.8 Å². The average Bonchev–Trinajstić information content (AvgIpc) is 2.00. The van der Waals surface area contributed by atoms with E-state index >= 15 is 0 Å². The first-order valence-corrected chi connectivity index (χ1v) is 3.30. The zero-order chi connectivity index (χ0) is 7.98. The van der Waals surface area contributed by atoms with E-state index in [0.29, 0.717) is 0 Å². The Hall–Kier alpha value is -0.960. The van der Waals surface area contributed by atoms with Gasteiger partial charge in [0.1, 0.15) is 0 Å². The SMILES string of the molecule is C#C.[CH2]C1=CC=C(C)CC1. The van der Waals surface area contributed by atoms with Gasteiger partial charge < -0.3 is 0 Å². The lowest BCUT2D eigenvalue weighted by Gasteiger charge is -2.05. The van der Waals surface area contributed by atoms with Crippen molar-refractivity contribution in [2.75, 3.05) is 0 Å². The Bertz CT molecular complexity index is 150. The fourth-order valence-electron chi connectivity index (χ4n) is 0.785. The van der Waals surface area contributed by atoms with Crippen molar-refractivity contribution in [3.8, 4) is 12.8 Å². The number of rotatable bonds is 0. The molecule has 0 nitrogen and oxygen atoms in total. The molecule has 1 aliphatic rings. The van der Waals surface area contributed by atoms with Crippen LogP contribution in [0.5, 0.6) is 0 Å². The van der Waals surface area contributed by atoms with Gasteiger partial charge in [-0.1, -0.05) is 23.3 Å². The molecule has 0 aromatic carbocycles. The molecule has 0 saturated heterocycles. The van der Waals surface area contributed by atoms with Gasteiger partial charge in [0, 0.05) is 0 Å². The summed E-state index contributed by atoms with van der Waals surface area (Å²) in [4.78, 5) is 0. The Morgan fingerprint density at radius 3 is 2.20 bits per heavy atom. The lowest BCUT2D eigenvalue weighted by molar-refractivity contribution is 0.927. The van der Waals surface area contributed by atoms with Gasteiger partial charge in [0.25, 0.3) is 0 Å². The first-order valence-electron chi connectivity index (χ1n) is 3.30. The van der Waals surface area contributed by atoms with Gasteiger partial charge in [-0.2, -0.15) is 0 Å². The van der Waals surface area contributed by atoms with E-state index < -0.39 is 0 Å². The Labute approximate surface area is 63.6 Å². The highest BCUT2D eigenvalue weighted by Crippen LogP contribution is 2.15. The van der Waals surface area contributed by atoms with E-state index in [1.165, 1.54) is 17.6 Å². The highest BCUT2D eigenvalue weighted by atomic mass is 14.0. The molecular weight excluding hydrogens is 120 g/mol. The summed E-state index contributed by atoms with van der Waals surface area (Å²) in [6, 6.07) is 0. The van der Waals surface area contributed by atoms with E-state index in [9.17, 15) is 0 Å². The molecule has 1 radical (unpaired) electrons. The number of hydrogen-bond donors (Lipinski definition) is 0. The van der Waals surface area contributed by atoms with Crippen LogP contribution in [0.2, 0.25) is 0 Å². The molecule has 0 fully saturated rings. The van der Waals surface area contributed by atoms with E-state index in [2.05, 4.69) is 38.8 Å². The predicted molar refractivity (Wildman–Crippen MR) is 46.3 cm³/mol. The number of terminal acetylenes is 1. The maximum absolute atomic E-state index is 4.00. The molecule has 1 aliphatic carbocycles. The van der Waals surface area contributed by atoms with Crippen molar-refractivity contribution < 1.29 is 0 Å². The van der Waals surface area contributed by atoms with Gasteiger partial charge in [-0.15, -0.1) is 12.8 Å². The second-order valence-electron chi connectivity index (χ2n) is 2.34. The van der Waals surface area contributed by atoms with Crippen molar-refractivity contribution in [2.45, 2.75) is 19.8 Å². The van der Waals surface area contributed by atoms with Crippen molar-refractivity contribution >= 4 is 0 Å². The van der Waals surface area contributed by atoms with E-state index in [1.807, 2.05) is 0 Å². The number of allylic oxidation sites excluding steroid dienone is 4. The summed E-state index contributed by atoms with van der Waals surface area (Å²) in [5.74, 6) is 0. The Morgan fingerprint density at radius 2 is 1.90 bits per heavy atom. The van der Waals surface area contributed by atoms with Crippen LogP contribution in [0, 0.1) is 19.8 Å². The third kappa shape index (κ3) is 3.14. The van der Waals surface area contributed by atoms with Crippen molar-refractivity contribution in [1.29, 1.82) is 0 Å². The third-order valence-corrected chi connectivity index (χ3v) is 1.44. The molecule has 0 unspecified atom stereocenters. The van der Waals surface area contributed by atoms with Crippen LogP contribution < -0.4 is 0 Å². The van der Waals surface area contributed by atoms with Crippen LogP contribution in [0.4, 0.5) is 0 Å². The van der Waals surface area contributed by atoms with Gasteiger partial charge in [0.2, 0.25) is 0 Å². The molecule has 0 amide bonds. The van der Waals surface area contributed by atoms with Crippen molar-refractivity contribution in [3.05, 3.63) is 30.2 Å². The standard InChI is InChI=1S/C8H11.C2H2/c1-7-3-5-8(2)6-4-7;1-2/h3,5H,1,4,6H2,2H3;1-2H. The van der Waals surface area contributed by atoms with E-state index in [-0.39, 0.29) is 0 Å². The molecule has 0 spiro atoms. The number of hydrogen-bond acceptors (Lipinski definition) is 0. The molecule has 0 aromatic rings. The largest absolute Gasteiger partial charge is 0.124 e. The smallest absolute Gasteiger partial charge is 0.0280 e. The van der Waals surface area contributed by atoms with Gasteiger partial charge in [0.15, 0.2) is 0 Å². The molecule has 10 heavy (non-hydrogen) atoms. The summed E-state index contributed by atoms with van der Waals surface area (Å²) in [7, 11) is 0. The minimum atomic E-state index is 1.16. The minimum absolute atomic E-state index is 1.16. The molecule has 0 atom stereocenters. The van der Waals surface area contributed by atoms with Crippen LogP contribution in [0.15, 0.2) is 23.3 Å². The van der Waals surface area contributed by atoms with Crippen molar-refractivity contribution in [1.82, 2.24) is 0 Å². The minimum Gasteiger partial charge on any atom is -0.124 e. The van der Waals surface area contributed by atoms with Crippen LogP contribution in [0.3, 0.4) is 0 Å². The normalized spacial score (nSPS) is 16.0. The Balaban J connectivity index is 0.000000371. The zero-order valence-electron chi connectivity index (χ0n) is 6.43. The van der Waals surface area contributed by atoms with Gasteiger partial charge in [-0.05, 0) is 26.7 Å². The first-order chi connectivity index (χ1) is 4.79. The van der Waals surface area contributed by atoms with E-state index in [1.54, 1.807) is 0 Å². The predicted octanol–water partition coefficient (Wildman–Crippen LogP) is 2.74. The molecule has 0 saturated carbocycles. The molecule has 53 valence electrons. The summed E-state index contributed by atoms with van der Waals surface area (Å²) in [6.45, 7) is 6.00. The zero-order valence-corrected chi connectivity index (χ0v) is 6.43. The summed E-state index contributed by atoms with van der Waals surface area (Å²) < 4.78 is 0.